The molecule has 0 saturated carbocycles. The summed E-state index contributed by atoms with van der Waals surface area (Å²) < 4.78 is 0. The monoisotopic (exact) mass is 475 g/mol. The highest BCUT2D eigenvalue weighted by Crippen LogP contribution is 2.07. The Labute approximate surface area is 188 Å². The second kappa shape index (κ2) is 13.6. The molecule has 0 aliphatic carbocycles. The van der Waals surface area contributed by atoms with Crippen LogP contribution in [0.1, 0.15) is 39.5 Å². The van der Waals surface area contributed by atoms with Crippen molar-refractivity contribution in [2.75, 3.05) is 0 Å². The first-order valence-electron chi connectivity index (χ1n) is 9.80. The van der Waals surface area contributed by atoms with Gasteiger partial charge in [-0.2, -0.15) is 0 Å². The van der Waals surface area contributed by atoms with Crippen molar-refractivity contribution in [1.82, 2.24) is 16.0 Å². The minimum absolute atomic E-state index is 0.303. The summed E-state index contributed by atoms with van der Waals surface area (Å²) >= 11 is 0. The van der Waals surface area contributed by atoms with E-state index in [0.717, 1.165) is 0 Å². The van der Waals surface area contributed by atoms with E-state index in [2.05, 4.69) is 5.32 Å². The predicted molar refractivity (Wildman–Crippen MR) is 109 cm³/mol. The van der Waals surface area contributed by atoms with Gasteiger partial charge in [-0.05, 0) is 5.92 Å². The molecule has 0 heterocycles. The summed E-state index contributed by atoms with van der Waals surface area (Å²) in [5.41, 5.74) is 10.7. The maximum Gasteiger partial charge on any atom is 0.326 e. The van der Waals surface area contributed by atoms with Crippen LogP contribution >= 0.6 is 0 Å². The van der Waals surface area contributed by atoms with E-state index in [0.29, 0.717) is 6.42 Å². The Balaban J connectivity index is 5.60. The van der Waals surface area contributed by atoms with Crippen molar-refractivity contribution in [3.63, 3.8) is 0 Å². The first kappa shape index (κ1) is 29.2. The Morgan fingerprint density at radius 2 is 1.12 bits per heavy atom. The Kier molecular flexibility index (Phi) is 12.1. The zero-order valence-corrected chi connectivity index (χ0v) is 18.1. The predicted octanol–water partition coefficient (Wildman–Crippen LogP) is -3.28. The first-order valence-corrected chi connectivity index (χ1v) is 9.80. The molecule has 0 rings (SSSR count). The van der Waals surface area contributed by atoms with E-state index in [1.807, 2.05) is 10.6 Å². The van der Waals surface area contributed by atoms with Gasteiger partial charge in [0.25, 0.3) is 0 Å². The van der Waals surface area contributed by atoms with Crippen LogP contribution in [0.2, 0.25) is 0 Å². The number of amides is 4. The van der Waals surface area contributed by atoms with Crippen molar-refractivity contribution in [2.24, 2.45) is 17.4 Å². The molecule has 0 fully saturated rings. The van der Waals surface area contributed by atoms with Crippen LogP contribution in [-0.4, -0.2) is 81.0 Å². The molecule has 33 heavy (non-hydrogen) atoms. The smallest absolute Gasteiger partial charge is 0.326 e. The van der Waals surface area contributed by atoms with Gasteiger partial charge in [0.15, 0.2) is 0 Å². The second-order valence-corrected chi connectivity index (χ2v) is 7.30. The number of hydrogen-bond donors (Lipinski definition) is 8. The molecule has 15 nitrogen and oxygen atoms in total. The summed E-state index contributed by atoms with van der Waals surface area (Å²) in [4.78, 5) is 81.6. The SMILES string of the molecule is CCC(C)C(N)C(=O)NC(CC(=O)O)C(=O)NC(CC(=O)O)C(=O)NC(CC(N)=O)C(=O)O. The Bertz CT molecular complexity index is 787. The molecule has 0 bridgehead atoms. The maximum atomic E-state index is 12.6. The Morgan fingerprint density at radius 3 is 1.45 bits per heavy atom. The molecule has 5 unspecified atom stereocenters. The number of primary amides is 1. The molecule has 0 saturated heterocycles. The van der Waals surface area contributed by atoms with E-state index >= 15 is 0 Å². The zero-order valence-electron chi connectivity index (χ0n) is 18.1. The quantitative estimate of drug-likeness (QED) is 0.116. The van der Waals surface area contributed by atoms with Crippen molar-refractivity contribution in [3.05, 3.63) is 0 Å². The highest BCUT2D eigenvalue weighted by Gasteiger charge is 2.33. The lowest BCUT2D eigenvalue weighted by Crippen LogP contribution is -2.58. The lowest BCUT2D eigenvalue weighted by atomic mass is 9.99. The molecule has 4 amide bonds. The van der Waals surface area contributed by atoms with Crippen molar-refractivity contribution in [3.8, 4) is 0 Å². The van der Waals surface area contributed by atoms with E-state index in [-0.39, 0.29) is 5.92 Å². The molecule has 0 aromatic heterocycles. The highest BCUT2D eigenvalue weighted by molar-refractivity contribution is 5.97. The number of nitrogens with one attached hydrogen (secondary N) is 3. The minimum Gasteiger partial charge on any atom is -0.481 e. The number of aliphatic carboxylic acids is 3. The van der Waals surface area contributed by atoms with Crippen LogP contribution in [0.4, 0.5) is 0 Å². The molecule has 0 aliphatic rings. The van der Waals surface area contributed by atoms with Gasteiger partial charge in [-0.25, -0.2) is 4.79 Å². The largest absolute Gasteiger partial charge is 0.481 e. The van der Waals surface area contributed by atoms with E-state index in [1.165, 1.54) is 0 Å². The summed E-state index contributed by atoms with van der Waals surface area (Å²) in [5, 5.41) is 33.2. The van der Waals surface area contributed by atoms with Crippen LogP contribution in [0.5, 0.6) is 0 Å². The summed E-state index contributed by atoms with van der Waals surface area (Å²) in [6.45, 7) is 3.42. The molecular formula is C18H29N5O10. The average molecular weight is 475 g/mol. The van der Waals surface area contributed by atoms with Crippen molar-refractivity contribution in [1.29, 1.82) is 0 Å². The Hall–Kier alpha value is -3.75. The molecule has 0 spiro atoms. The molecule has 186 valence electrons. The highest BCUT2D eigenvalue weighted by atomic mass is 16.4. The Morgan fingerprint density at radius 1 is 0.727 bits per heavy atom. The van der Waals surface area contributed by atoms with Crippen molar-refractivity contribution >= 4 is 41.5 Å². The molecule has 0 aromatic carbocycles. The molecule has 0 aromatic rings. The summed E-state index contributed by atoms with van der Waals surface area (Å²) in [7, 11) is 0. The molecule has 0 radical (unpaired) electrons. The van der Waals surface area contributed by atoms with E-state index < -0.39 is 85.0 Å². The molecule has 10 N–H and O–H groups in total. The van der Waals surface area contributed by atoms with Gasteiger partial charge in [0.1, 0.15) is 18.1 Å². The van der Waals surface area contributed by atoms with E-state index in [1.54, 1.807) is 13.8 Å². The van der Waals surface area contributed by atoms with E-state index in [4.69, 9.17) is 26.8 Å². The van der Waals surface area contributed by atoms with Gasteiger partial charge in [0, 0.05) is 0 Å². The molecule has 0 aliphatic heterocycles. The van der Waals surface area contributed by atoms with Crippen LogP contribution in [0.25, 0.3) is 0 Å². The number of carbonyl (C=O) groups is 7. The number of hydrogen-bond acceptors (Lipinski definition) is 8. The molecule has 15 heteroatoms. The second-order valence-electron chi connectivity index (χ2n) is 7.30. The van der Waals surface area contributed by atoms with Crippen molar-refractivity contribution in [2.45, 2.75) is 63.7 Å². The number of carboxylic acids is 3. The van der Waals surface area contributed by atoms with Crippen LogP contribution in [-0.2, 0) is 33.6 Å². The third kappa shape index (κ3) is 10.9. The summed E-state index contributed by atoms with van der Waals surface area (Å²) in [6, 6.07) is -6.44. The maximum absolute atomic E-state index is 12.6. The fourth-order valence-electron chi connectivity index (χ4n) is 2.49. The van der Waals surface area contributed by atoms with Gasteiger partial charge in [-0.3, -0.25) is 28.8 Å². The lowest BCUT2D eigenvalue weighted by molar-refractivity contribution is -0.145. The van der Waals surface area contributed by atoms with Crippen molar-refractivity contribution < 1.29 is 48.9 Å². The normalized spacial score (nSPS) is 15.1. The topological polar surface area (TPSA) is 268 Å². The van der Waals surface area contributed by atoms with Crippen LogP contribution in [0.15, 0.2) is 0 Å². The third-order valence-corrected chi connectivity index (χ3v) is 4.60. The summed E-state index contributed by atoms with van der Waals surface area (Å²) in [6.07, 6.45) is -2.21. The zero-order chi connectivity index (χ0) is 25.9. The fourth-order valence-corrected chi connectivity index (χ4v) is 2.49. The van der Waals surface area contributed by atoms with Gasteiger partial charge in [0.2, 0.25) is 23.6 Å². The average Bonchev–Trinajstić information content (AvgIpc) is 2.69. The van der Waals surface area contributed by atoms with Gasteiger partial charge >= 0.3 is 17.9 Å². The van der Waals surface area contributed by atoms with Crippen LogP contribution < -0.4 is 27.4 Å². The van der Waals surface area contributed by atoms with E-state index in [9.17, 15) is 33.6 Å². The van der Waals surface area contributed by atoms with Crippen LogP contribution in [0, 0.1) is 5.92 Å². The lowest BCUT2D eigenvalue weighted by Gasteiger charge is -2.24. The third-order valence-electron chi connectivity index (χ3n) is 4.60. The summed E-state index contributed by atoms with van der Waals surface area (Å²) in [5.74, 6) is -9.39. The molecule has 5 atom stereocenters. The number of carbonyl (C=O) groups excluding carboxylic acids is 4. The number of rotatable bonds is 15. The molecular weight excluding hydrogens is 446 g/mol. The minimum atomic E-state index is -1.86. The standard InChI is InChI=1S/C18H29N5O10/c1-3-7(2)14(20)17(31)22-9(6-13(27)28)15(29)21-8(5-12(25)26)16(30)23-10(18(32)33)4-11(19)24/h7-10,14H,3-6,20H2,1-2H3,(H2,19,24)(H,21,29)(H,22,31)(H,23,30)(H,25,26)(H,27,28)(H,32,33). The first-order chi connectivity index (χ1) is 15.2. The van der Waals surface area contributed by atoms with Gasteiger partial charge in [-0.1, -0.05) is 20.3 Å². The number of nitrogens with two attached hydrogens (primary N) is 2. The number of carboxylic acid groups (broad SMARTS) is 3. The van der Waals surface area contributed by atoms with Gasteiger partial charge < -0.3 is 42.7 Å². The van der Waals surface area contributed by atoms with Crippen LogP contribution in [0.3, 0.4) is 0 Å². The fraction of sp³-hybridized carbons (Fsp3) is 0.611. The van der Waals surface area contributed by atoms with Gasteiger partial charge in [-0.15, -0.1) is 0 Å². The van der Waals surface area contributed by atoms with Gasteiger partial charge in [0.05, 0.1) is 25.3 Å².